The number of hydrogen-bond acceptors (Lipinski definition) is 2. The number of nitrogens with one attached hydrogen (secondary N) is 1. The second-order valence-electron chi connectivity index (χ2n) is 6.60. The maximum absolute atomic E-state index is 13.9. The van der Waals surface area contributed by atoms with Crippen molar-refractivity contribution in [2.45, 2.75) is 12.5 Å². The lowest BCUT2D eigenvalue weighted by atomic mass is 10.0. The Kier molecular flexibility index (Phi) is 5.82. The molecular weight excluding hydrogens is 384 g/mol. The maximum atomic E-state index is 13.9. The molecule has 4 rings (SSSR count). The minimum atomic E-state index is -0.918. The van der Waals surface area contributed by atoms with Crippen LogP contribution in [0.25, 0.3) is 22.4 Å². The van der Waals surface area contributed by atoms with Gasteiger partial charge in [-0.3, -0.25) is 4.79 Å². The summed E-state index contributed by atoms with van der Waals surface area (Å²) in [5.41, 5.74) is 9.20. The number of aromatic nitrogens is 1. The summed E-state index contributed by atoms with van der Waals surface area (Å²) in [5.74, 6) is -2.00. The van der Waals surface area contributed by atoms with Crippen molar-refractivity contribution in [2.75, 3.05) is 13.1 Å². The molecule has 28 heavy (non-hydrogen) atoms. The van der Waals surface area contributed by atoms with Crippen LogP contribution in [0, 0.1) is 11.6 Å². The highest BCUT2D eigenvalue weighted by Gasteiger charge is 2.30. The molecule has 2 aromatic carbocycles. The van der Waals surface area contributed by atoms with Gasteiger partial charge < -0.3 is 15.6 Å². The molecule has 0 fully saturated rings. The summed E-state index contributed by atoms with van der Waals surface area (Å²) in [5, 5.41) is 2.89. The number of carbonyl (C=O) groups excluding carboxylic acids is 1. The Labute approximate surface area is 167 Å². The molecular formula is C21H20ClF2N3O. The first kappa shape index (κ1) is 20.0. The lowest BCUT2D eigenvalue weighted by Gasteiger charge is -2.28. The third kappa shape index (κ3) is 3.41. The van der Waals surface area contributed by atoms with E-state index in [1.807, 2.05) is 34.9 Å². The van der Waals surface area contributed by atoms with Crippen molar-refractivity contribution < 1.29 is 13.6 Å². The van der Waals surface area contributed by atoms with E-state index in [4.69, 9.17) is 5.73 Å². The number of nitrogens with two attached hydrogens (primary N) is 1. The second kappa shape index (κ2) is 8.12. The lowest BCUT2D eigenvalue weighted by molar-refractivity contribution is 0.0914. The predicted octanol–water partition coefficient (Wildman–Crippen LogP) is 4.16. The summed E-state index contributed by atoms with van der Waals surface area (Å²) < 4.78 is 29.3. The highest BCUT2D eigenvalue weighted by atomic mass is 35.5. The monoisotopic (exact) mass is 403 g/mol. The molecule has 1 aliphatic heterocycles. The molecule has 0 bridgehead atoms. The van der Waals surface area contributed by atoms with Crippen molar-refractivity contribution in [3.63, 3.8) is 0 Å². The van der Waals surface area contributed by atoms with E-state index in [-0.39, 0.29) is 24.4 Å². The van der Waals surface area contributed by atoms with Crippen LogP contribution in [0.5, 0.6) is 0 Å². The van der Waals surface area contributed by atoms with Crippen LogP contribution in [0.4, 0.5) is 8.78 Å². The minimum Gasteiger partial charge on any atom is -0.349 e. The Hall–Kier alpha value is -2.70. The van der Waals surface area contributed by atoms with E-state index in [1.165, 1.54) is 12.1 Å². The second-order valence-corrected chi connectivity index (χ2v) is 6.60. The quantitative estimate of drug-likeness (QED) is 0.687. The third-order valence-electron chi connectivity index (χ3n) is 4.91. The van der Waals surface area contributed by atoms with Gasteiger partial charge in [0.1, 0.15) is 5.69 Å². The van der Waals surface area contributed by atoms with Gasteiger partial charge in [0.05, 0.1) is 11.7 Å². The van der Waals surface area contributed by atoms with Crippen LogP contribution in [-0.2, 0) is 0 Å². The van der Waals surface area contributed by atoms with Gasteiger partial charge >= 0.3 is 0 Å². The molecule has 7 heteroatoms. The van der Waals surface area contributed by atoms with Gasteiger partial charge in [0.15, 0.2) is 11.6 Å². The zero-order chi connectivity index (χ0) is 19.0. The average molecular weight is 404 g/mol. The molecule has 3 N–H and O–H groups in total. The molecule has 2 heterocycles. The molecule has 0 aliphatic carbocycles. The average Bonchev–Trinajstić information content (AvgIpc) is 3.09. The number of carbonyl (C=O) groups is 1. The van der Waals surface area contributed by atoms with E-state index in [9.17, 15) is 13.6 Å². The summed E-state index contributed by atoms with van der Waals surface area (Å²) in [6, 6.07) is 15.1. The Balaban J connectivity index is 0.00000225. The van der Waals surface area contributed by atoms with E-state index in [1.54, 1.807) is 6.07 Å². The zero-order valence-electron chi connectivity index (χ0n) is 15.0. The third-order valence-corrected chi connectivity index (χ3v) is 4.91. The van der Waals surface area contributed by atoms with E-state index >= 15 is 0 Å². The van der Waals surface area contributed by atoms with Crippen molar-refractivity contribution in [3.8, 4) is 22.4 Å². The zero-order valence-corrected chi connectivity index (χ0v) is 15.8. The SMILES string of the molecule is Cl.NCCC1CNC(=O)c2cc(-c3ccc(F)c(F)c3)c(-c3ccccc3)n21. The van der Waals surface area contributed by atoms with Crippen LogP contribution in [0.1, 0.15) is 23.0 Å². The predicted molar refractivity (Wildman–Crippen MR) is 108 cm³/mol. The molecule has 1 atom stereocenters. The fourth-order valence-electron chi connectivity index (χ4n) is 3.67. The summed E-state index contributed by atoms with van der Waals surface area (Å²) >= 11 is 0. The topological polar surface area (TPSA) is 60.0 Å². The Morgan fingerprint density at radius 2 is 1.79 bits per heavy atom. The molecule has 0 spiro atoms. The van der Waals surface area contributed by atoms with Gasteiger partial charge in [0.25, 0.3) is 5.91 Å². The van der Waals surface area contributed by atoms with E-state index in [0.29, 0.717) is 36.3 Å². The van der Waals surface area contributed by atoms with Crippen LogP contribution in [0.2, 0.25) is 0 Å². The lowest BCUT2D eigenvalue weighted by Crippen LogP contribution is -2.39. The van der Waals surface area contributed by atoms with E-state index in [2.05, 4.69) is 5.32 Å². The number of fused-ring (bicyclic) bond motifs is 1. The number of amides is 1. The summed E-state index contributed by atoms with van der Waals surface area (Å²) in [6.07, 6.45) is 0.693. The van der Waals surface area contributed by atoms with Crippen LogP contribution < -0.4 is 11.1 Å². The Morgan fingerprint density at radius 1 is 1.04 bits per heavy atom. The van der Waals surface area contributed by atoms with Crippen molar-refractivity contribution >= 4 is 18.3 Å². The summed E-state index contributed by atoms with van der Waals surface area (Å²) in [4.78, 5) is 12.5. The van der Waals surface area contributed by atoms with Crippen molar-refractivity contribution in [1.29, 1.82) is 0 Å². The molecule has 146 valence electrons. The van der Waals surface area contributed by atoms with Crippen LogP contribution >= 0.6 is 12.4 Å². The first-order valence-corrected chi connectivity index (χ1v) is 8.84. The molecule has 1 aliphatic rings. The number of hydrogen-bond donors (Lipinski definition) is 2. The van der Waals surface area contributed by atoms with Crippen molar-refractivity contribution in [1.82, 2.24) is 9.88 Å². The molecule has 0 radical (unpaired) electrons. The van der Waals surface area contributed by atoms with Crippen LogP contribution in [0.15, 0.2) is 54.6 Å². The van der Waals surface area contributed by atoms with E-state index < -0.39 is 11.6 Å². The largest absolute Gasteiger partial charge is 0.349 e. The molecule has 0 saturated heterocycles. The molecule has 4 nitrogen and oxygen atoms in total. The first-order valence-electron chi connectivity index (χ1n) is 8.84. The van der Waals surface area contributed by atoms with Gasteiger partial charge in [-0.15, -0.1) is 12.4 Å². The molecule has 3 aromatic rings. The normalized spacial score (nSPS) is 15.5. The Bertz CT molecular complexity index is 1000. The van der Waals surface area contributed by atoms with Gasteiger partial charge in [-0.25, -0.2) is 8.78 Å². The summed E-state index contributed by atoms with van der Waals surface area (Å²) in [6.45, 7) is 0.960. The fourth-order valence-corrected chi connectivity index (χ4v) is 3.67. The van der Waals surface area contributed by atoms with Crippen molar-refractivity contribution in [2.24, 2.45) is 5.73 Å². The number of rotatable bonds is 4. The van der Waals surface area contributed by atoms with Gasteiger partial charge in [0, 0.05) is 12.1 Å². The van der Waals surface area contributed by atoms with Crippen molar-refractivity contribution in [3.05, 3.63) is 71.9 Å². The molecule has 0 saturated carbocycles. The van der Waals surface area contributed by atoms with Gasteiger partial charge in [-0.1, -0.05) is 36.4 Å². The van der Waals surface area contributed by atoms with Crippen LogP contribution in [0.3, 0.4) is 0 Å². The van der Waals surface area contributed by atoms with Crippen LogP contribution in [-0.4, -0.2) is 23.6 Å². The van der Waals surface area contributed by atoms with E-state index in [0.717, 1.165) is 17.3 Å². The standard InChI is InChI=1S/C21H19F2N3O.ClH/c22-17-7-6-14(10-18(17)23)16-11-19-21(27)25-12-15(8-9-24)26(19)20(16)13-4-2-1-3-5-13;/h1-7,10-11,15H,8-9,12,24H2,(H,25,27);1H. The highest BCUT2D eigenvalue weighted by molar-refractivity contribution is 5.98. The number of halogens is 3. The molecule has 1 amide bonds. The minimum absolute atomic E-state index is 0. The number of nitrogens with zero attached hydrogens (tertiary/aromatic N) is 1. The maximum Gasteiger partial charge on any atom is 0.268 e. The Morgan fingerprint density at radius 3 is 2.46 bits per heavy atom. The van der Waals surface area contributed by atoms with Gasteiger partial charge in [0.2, 0.25) is 0 Å². The molecule has 1 aromatic heterocycles. The number of benzene rings is 2. The van der Waals surface area contributed by atoms with Gasteiger partial charge in [-0.05, 0) is 42.3 Å². The molecule has 1 unspecified atom stereocenters. The fraction of sp³-hybridized carbons (Fsp3) is 0.190. The highest BCUT2D eigenvalue weighted by Crippen LogP contribution is 2.39. The first-order chi connectivity index (χ1) is 13.1. The van der Waals surface area contributed by atoms with Gasteiger partial charge in [-0.2, -0.15) is 0 Å². The summed E-state index contributed by atoms with van der Waals surface area (Å²) in [7, 11) is 0. The smallest absolute Gasteiger partial charge is 0.268 e.